The summed E-state index contributed by atoms with van der Waals surface area (Å²) >= 11 is 0. The van der Waals surface area contributed by atoms with Gasteiger partial charge in [0.2, 0.25) is 0 Å². The van der Waals surface area contributed by atoms with Crippen molar-refractivity contribution >= 4 is 21.9 Å². The second kappa shape index (κ2) is 12.1. The highest BCUT2D eigenvalue weighted by atomic mass is 16.3. The van der Waals surface area contributed by atoms with Gasteiger partial charge in [0, 0.05) is 22.6 Å². The van der Waals surface area contributed by atoms with Gasteiger partial charge in [-0.2, -0.15) is 0 Å². The van der Waals surface area contributed by atoms with Gasteiger partial charge in [-0.3, -0.25) is 0 Å². The van der Waals surface area contributed by atoms with Crippen LogP contribution in [-0.2, 0) is 12.8 Å². The van der Waals surface area contributed by atoms with Crippen molar-refractivity contribution in [1.82, 2.24) is 0 Å². The van der Waals surface area contributed by atoms with Crippen molar-refractivity contribution in [2.24, 2.45) is 0 Å². The minimum Gasteiger partial charge on any atom is -0.456 e. The van der Waals surface area contributed by atoms with E-state index >= 15 is 0 Å². The number of para-hydroxylation sites is 2. The van der Waals surface area contributed by atoms with Gasteiger partial charge in [-0.15, -0.1) is 0 Å². The molecule has 9 aromatic rings. The highest BCUT2D eigenvalue weighted by molar-refractivity contribution is 6.06. The van der Waals surface area contributed by atoms with Crippen molar-refractivity contribution in [3.05, 3.63) is 215 Å². The molecule has 2 aliphatic rings. The van der Waals surface area contributed by atoms with Gasteiger partial charge < -0.3 is 4.42 Å². The Balaban J connectivity index is 0.937. The fraction of sp³-hybridized carbons (Fsp3) is 0.0769. The summed E-state index contributed by atoms with van der Waals surface area (Å²) in [5.74, 6) is 0.602. The van der Waals surface area contributed by atoms with Crippen molar-refractivity contribution in [3.63, 3.8) is 0 Å². The molecule has 0 amide bonds. The summed E-state index contributed by atoms with van der Waals surface area (Å²) in [7, 11) is 0. The highest BCUT2D eigenvalue weighted by Gasteiger charge is 2.31. The summed E-state index contributed by atoms with van der Waals surface area (Å²) in [6, 6.07) is 67.1. The Labute approximate surface area is 309 Å². The Morgan fingerprint density at radius 3 is 1.58 bits per heavy atom. The molecule has 0 spiro atoms. The lowest BCUT2D eigenvalue weighted by atomic mass is 9.88. The van der Waals surface area contributed by atoms with Crippen LogP contribution in [0.15, 0.2) is 186 Å². The van der Waals surface area contributed by atoms with Crippen LogP contribution in [0.25, 0.3) is 66.4 Å². The average Bonchev–Trinajstić information content (AvgIpc) is 3.87. The van der Waals surface area contributed by atoms with Crippen LogP contribution in [0.1, 0.15) is 45.2 Å². The smallest absolute Gasteiger partial charge is 0.138 e. The summed E-state index contributed by atoms with van der Waals surface area (Å²) < 4.78 is 6.47. The Morgan fingerprint density at radius 1 is 0.358 bits per heavy atom. The van der Waals surface area contributed by atoms with Crippen molar-refractivity contribution < 1.29 is 4.42 Å². The van der Waals surface area contributed by atoms with Crippen molar-refractivity contribution in [2.45, 2.75) is 24.7 Å². The largest absolute Gasteiger partial charge is 0.456 e. The summed E-state index contributed by atoms with van der Waals surface area (Å²) in [4.78, 5) is 0. The first kappa shape index (κ1) is 30.2. The van der Waals surface area contributed by atoms with E-state index in [1.54, 1.807) is 0 Å². The first-order valence-electron chi connectivity index (χ1n) is 18.8. The van der Waals surface area contributed by atoms with E-state index in [2.05, 4.69) is 182 Å². The molecule has 250 valence electrons. The van der Waals surface area contributed by atoms with Crippen molar-refractivity contribution in [3.8, 4) is 44.5 Å². The van der Waals surface area contributed by atoms with Crippen LogP contribution >= 0.6 is 0 Å². The zero-order chi connectivity index (χ0) is 34.9. The second-order valence-corrected chi connectivity index (χ2v) is 14.7. The quantitative estimate of drug-likeness (QED) is 0.171. The molecule has 0 saturated heterocycles. The number of fused-ring (bicyclic) bond motifs is 9. The number of hydrogen-bond acceptors (Lipinski definition) is 1. The lowest BCUT2D eigenvalue weighted by molar-refractivity contribution is 0.658. The lowest BCUT2D eigenvalue weighted by Gasteiger charge is -2.16. The van der Waals surface area contributed by atoms with Gasteiger partial charge in [-0.25, -0.2) is 0 Å². The Bertz CT molecular complexity index is 2840. The van der Waals surface area contributed by atoms with Gasteiger partial charge in [-0.1, -0.05) is 164 Å². The topological polar surface area (TPSA) is 13.1 Å². The predicted molar refractivity (Wildman–Crippen MR) is 219 cm³/mol. The molecule has 0 aliphatic heterocycles. The molecule has 0 fully saturated rings. The molecule has 0 saturated carbocycles. The van der Waals surface area contributed by atoms with Crippen LogP contribution in [0.3, 0.4) is 0 Å². The van der Waals surface area contributed by atoms with Crippen LogP contribution in [0.2, 0.25) is 0 Å². The molecule has 1 heteroatoms. The number of benzene rings is 8. The predicted octanol–water partition coefficient (Wildman–Crippen LogP) is 13.6. The third kappa shape index (κ3) is 4.92. The van der Waals surface area contributed by atoms with Crippen molar-refractivity contribution in [2.75, 3.05) is 0 Å². The van der Waals surface area contributed by atoms with E-state index in [0.29, 0.717) is 5.92 Å². The maximum absolute atomic E-state index is 6.47. The Kier molecular flexibility index (Phi) is 6.88. The van der Waals surface area contributed by atoms with Crippen LogP contribution < -0.4 is 0 Å². The van der Waals surface area contributed by atoms with E-state index in [1.807, 2.05) is 0 Å². The number of hydrogen-bond donors (Lipinski definition) is 0. The number of furan rings is 1. The van der Waals surface area contributed by atoms with E-state index in [1.165, 1.54) is 88.7 Å². The average molecular weight is 677 g/mol. The van der Waals surface area contributed by atoms with Gasteiger partial charge in [0.15, 0.2) is 0 Å². The maximum Gasteiger partial charge on any atom is 0.138 e. The van der Waals surface area contributed by atoms with Crippen LogP contribution in [0.4, 0.5) is 0 Å². The van der Waals surface area contributed by atoms with E-state index < -0.39 is 0 Å². The fourth-order valence-corrected chi connectivity index (χ4v) is 9.30. The van der Waals surface area contributed by atoms with Crippen LogP contribution in [0, 0.1) is 0 Å². The van der Waals surface area contributed by atoms with Crippen molar-refractivity contribution in [1.29, 1.82) is 0 Å². The molecule has 53 heavy (non-hydrogen) atoms. The monoisotopic (exact) mass is 676 g/mol. The van der Waals surface area contributed by atoms with Gasteiger partial charge in [0.1, 0.15) is 11.2 Å². The van der Waals surface area contributed by atoms with E-state index in [0.717, 1.165) is 24.0 Å². The van der Waals surface area contributed by atoms with Gasteiger partial charge in [0.25, 0.3) is 0 Å². The highest BCUT2D eigenvalue weighted by Crippen LogP contribution is 2.50. The van der Waals surface area contributed by atoms with E-state index in [9.17, 15) is 0 Å². The summed E-state index contributed by atoms with van der Waals surface area (Å²) in [6.07, 6.45) is 1.88. The minimum absolute atomic E-state index is 0.267. The normalized spacial score (nSPS) is 15.3. The van der Waals surface area contributed by atoms with Gasteiger partial charge in [-0.05, 0) is 109 Å². The molecular formula is C52H36O. The second-order valence-electron chi connectivity index (χ2n) is 14.7. The third-order valence-corrected chi connectivity index (χ3v) is 11.9. The minimum atomic E-state index is 0.267. The first-order chi connectivity index (χ1) is 26.3. The maximum atomic E-state index is 6.47. The Morgan fingerprint density at radius 2 is 0.887 bits per heavy atom. The molecule has 2 unspecified atom stereocenters. The standard InChI is InChI=1S/C52H36O/c1-2-11-34(12-3-1)35-23-21-33(22-24-35)29-47-39-14-4-5-15-40(39)48-30-36(25-27-43(47)48)37-26-28-44-49(31-37)41-16-6-7-17-42(41)50(44)32-38-13-10-19-46-45-18-8-9-20-51(45)53-52(38)46/h1-28,30-31,47,50H,29,32H2. The van der Waals surface area contributed by atoms with Gasteiger partial charge in [0.05, 0.1) is 0 Å². The molecular weight excluding hydrogens is 641 g/mol. The van der Waals surface area contributed by atoms with E-state index in [4.69, 9.17) is 4.42 Å². The van der Waals surface area contributed by atoms with E-state index in [-0.39, 0.29) is 5.92 Å². The van der Waals surface area contributed by atoms with Crippen LogP contribution in [-0.4, -0.2) is 0 Å². The first-order valence-corrected chi connectivity index (χ1v) is 18.8. The molecule has 0 N–H and O–H groups in total. The third-order valence-electron chi connectivity index (χ3n) is 11.9. The Hall–Kier alpha value is -6.44. The molecule has 0 bridgehead atoms. The van der Waals surface area contributed by atoms with Crippen LogP contribution in [0.5, 0.6) is 0 Å². The molecule has 0 radical (unpaired) electrons. The number of rotatable bonds is 6. The summed E-state index contributed by atoms with van der Waals surface area (Å²) in [5.41, 5.74) is 20.7. The summed E-state index contributed by atoms with van der Waals surface area (Å²) in [6.45, 7) is 0. The molecule has 1 nitrogen and oxygen atoms in total. The SMILES string of the molecule is c1ccc(-c2ccc(CC3c4ccccc4-c4cc(-c5ccc6c(c5)-c5ccccc5C6Cc5cccc6c5oc5ccccc56)ccc43)cc2)cc1. The zero-order valence-electron chi connectivity index (χ0n) is 29.3. The summed E-state index contributed by atoms with van der Waals surface area (Å²) in [5, 5.41) is 2.38. The lowest BCUT2D eigenvalue weighted by Crippen LogP contribution is -2.02. The molecule has 2 atom stereocenters. The molecule has 1 heterocycles. The van der Waals surface area contributed by atoms with Gasteiger partial charge >= 0.3 is 0 Å². The zero-order valence-corrected chi connectivity index (χ0v) is 29.3. The molecule has 8 aromatic carbocycles. The molecule has 11 rings (SSSR count). The molecule has 2 aliphatic carbocycles. The molecule has 1 aromatic heterocycles. The fourth-order valence-electron chi connectivity index (χ4n) is 9.30.